The number of imidazole rings is 1. The summed E-state index contributed by atoms with van der Waals surface area (Å²) in [4.78, 5) is 16.4. The summed E-state index contributed by atoms with van der Waals surface area (Å²) in [5.74, 6) is 1.16. The lowest BCUT2D eigenvalue weighted by Gasteiger charge is -2.12. The molecule has 1 aliphatic carbocycles. The van der Waals surface area contributed by atoms with Gasteiger partial charge in [-0.05, 0) is 37.7 Å². The minimum Gasteiger partial charge on any atom is -0.335 e. The van der Waals surface area contributed by atoms with Crippen molar-refractivity contribution >= 4 is 5.78 Å². The molecule has 17 heavy (non-hydrogen) atoms. The van der Waals surface area contributed by atoms with Gasteiger partial charge in [-0.15, -0.1) is 0 Å². The van der Waals surface area contributed by atoms with E-state index in [0.29, 0.717) is 6.42 Å². The Morgan fingerprint density at radius 3 is 3.06 bits per heavy atom. The van der Waals surface area contributed by atoms with Crippen molar-refractivity contribution in [3.63, 3.8) is 0 Å². The lowest BCUT2D eigenvalue weighted by atomic mass is 9.95. The second-order valence-corrected chi connectivity index (χ2v) is 4.61. The molecule has 0 unspecified atom stereocenters. The maximum absolute atomic E-state index is 12.1. The molecule has 0 aromatic carbocycles. The number of hydrogen-bond acceptors (Lipinski definition) is 2. The number of aromatic nitrogens is 2. The SMILES string of the molecule is CCCn1ccnc1CC(=O)C1=CCCCC1. The largest absolute Gasteiger partial charge is 0.335 e. The fourth-order valence-electron chi connectivity index (χ4n) is 2.30. The quantitative estimate of drug-likeness (QED) is 0.782. The highest BCUT2D eigenvalue weighted by molar-refractivity contribution is 5.96. The van der Waals surface area contributed by atoms with E-state index in [4.69, 9.17) is 0 Å². The summed E-state index contributed by atoms with van der Waals surface area (Å²) in [6.07, 6.45) is 11.8. The molecule has 0 saturated heterocycles. The van der Waals surface area contributed by atoms with Crippen LogP contribution in [0.2, 0.25) is 0 Å². The zero-order valence-electron chi connectivity index (χ0n) is 10.5. The topological polar surface area (TPSA) is 34.9 Å². The van der Waals surface area contributed by atoms with E-state index in [-0.39, 0.29) is 5.78 Å². The summed E-state index contributed by atoms with van der Waals surface area (Å²) >= 11 is 0. The van der Waals surface area contributed by atoms with Gasteiger partial charge in [0.05, 0.1) is 6.42 Å². The van der Waals surface area contributed by atoms with Crippen LogP contribution in [-0.2, 0) is 17.8 Å². The predicted molar refractivity (Wildman–Crippen MR) is 67.8 cm³/mol. The van der Waals surface area contributed by atoms with Crippen LogP contribution in [0, 0.1) is 0 Å². The molecule has 92 valence electrons. The van der Waals surface area contributed by atoms with Gasteiger partial charge in [0.15, 0.2) is 5.78 Å². The molecule has 0 N–H and O–H groups in total. The van der Waals surface area contributed by atoms with E-state index >= 15 is 0 Å². The zero-order valence-corrected chi connectivity index (χ0v) is 10.5. The molecule has 0 fully saturated rings. The number of aryl methyl sites for hydroxylation is 1. The molecule has 1 heterocycles. The monoisotopic (exact) mass is 232 g/mol. The average Bonchev–Trinajstić information content (AvgIpc) is 2.78. The summed E-state index contributed by atoms with van der Waals surface area (Å²) in [6, 6.07) is 0. The number of carbonyl (C=O) groups excluding carboxylic acids is 1. The van der Waals surface area contributed by atoms with Crippen molar-refractivity contribution < 1.29 is 4.79 Å². The zero-order chi connectivity index (χ0) is 12.1. The third-order valence-corrected chi connectivity index (χ3v) is 3.23. The standard InChI is InChI=1S/C14H20N2O/c1-2-9-16-10-8-15-14(16)11-13(17)12-6-4-3-5-7-12/h6,8,10H,2-5,7,9,11H2,1H3. The van der Waals surface area contributed by atoms with Gasteiger partial charge in [-0.3, -0.25) is 4.79 Å². The Bertz CT molecular complexity index is 418. The highest BCUT2D eigenvalue weighted by Crippen LogP contribution is 2.19. The highest BCUT2D eigenvalue weighted by Gasteiger charge is 2.15. The number of rotatable bonds is 5. The molecular formula is C14H20N2O. The smallest absolute Gasteiger partial charge is 0.166 e. The maximum atomic E-state index is 12.1. The van der Waals surface area contributed by atoms with E-state index in [0.717, 1.165) is 43.6 Å². The highest BCUT2D eigenvalue weighted by atomic mass is 16.1. The summed E-state index contributed by atoms with van der Waals surface area (Å²) in [7, 11) is 0. The van der Waals surface area contributed by atoms with Crippen LogP contribution in [0.1, 0.15) is 44.9 Å². The van der Waals surface area contributed by atoms with E-state index < -0.39 is 0 Å². The molecule has 0 radical (unpaired) electrons. The first-order valence-electron chi connectivity index (χ1n) is 6.53. The van der Waals surface area contributed by atoms with Gasteiger partial charge < -0.3 is 4.57 Å². The van der Waals surface area contributed by atoms with Crippen molar-refractivity contribution in [2.45, 2.75) is 52.0 Å². The summed E-state index contributed by atoms with van der Waals surface area (Å²) in [6.45, 7) is 3.08. The molecule has 0 amide bonds. The molecule has 0 saturated carbocycles. The molecule has 3 heteroatoms. The number of carbonyl (C=O) groups is 1. The van der Waals surface area contributed by atoms with Crippen molar-refractivity contribution in [1.29, 1.82) is 0 Å². The fourth-order valence-corrected chi connectivity index (χ4v) is 2.30. The van der Waals surface area contributed by atoms with Crippen molar-refractivity contribution in [3.05, 3.63) is 29.9 Å². The van der Waals surface area contributed by atoms with Crippen molar-refractivity contribution in [1.82, 2.24) is 9.55 Å². The van der Waals surface area contributed by atoms with E-state index in [1.54, 1.807) is 6.20 Å². The van der Waals surface area contributed by atoms with Gasteiger partial charge in [-0.2, -0.15) is 0 Å². The van der Waals surface area contributed by atoms with Crippen molar-refractivity contribution in [2.75, 3.05) is 0 Å². The molecular weight excluding hydrogens is 212 g/mol. The Morgan fingerprint density at radius 1 is 1.47 bits per heavy atom. The van der Waals surface area contributed by atoms with Crippen LogP contribution >= 0.6 is 0 Å². The lowest BCUT2D eigenvalue weighted by Crippen LogP contribution is -2.13. The van der Waals surface area contributed by atoms with Crippen LogP contribution in [0.4, 0.5) is 0 Å². The molecule has 3 nitrogen and oxygen atoms in total. The number of ketones is 1. The van der Waals surface area contributed by atoms with Gasteiger partial charge in [0.25, 0.3) is 0 Å². The third kappa shape index (κ3) is 3.05. The maximum Gasteiger partial charge on any atom is 0.166 e. The summed E-state index contributed by atoms with van der Waals surface area (Å²) in [5.41, 5.74) is 1.02. The van der Waals surface area contributed by atoms with Crippen LogP contribution in [0.3, 0.4) is 0 Å². The van der Waals surface area contributed by atoms with E-state index in [1.807, 2.05) is 6.20 Å². The van der Waals surface area contributed by atoms with E-state index in [9.17, 15) is 4.79 Å². The van der Waals surface area contributed by atoms with Gasteiger partial charge in [0.1, 0.15) is 5.82 Å². The van der Waals surface area contributed by atoms with Gasteiger partial charge >= 0.3 is 0 Å². The molecule has 0 spiro atoms. The first-order valence-corrected chi connectivity index (χ1v) is 6.53. The number of Topliss-reactive ketones (excluding diaryl/α,β-unsaturated/α-hetero) is 1. The van der Waals surface area contributed by atoms with Gasteiger partial charge in [0, 0.05) is 18.9 Å². The molecule has 2 rings (SSSR count). The van der Waals surface area contributed by atoms with Crippen LogP contribution in [0.15, 0.2) is 24.0 Å². The number of nitrogens with zero attached hydrogens (tertiary/aromatic N) is 2. The summed E-state index contributed by atoms with van der Waals surface area (Å²) < 4.78 is 2.08. The van der Waals surface area contributed by atoms with Gasteiger partial charge in [-0.1, -0.05) is 13.0 Å². The van der Waals surface area contributed by atoms with Crippen LogP contribution < -0.4 is 0 Å². The Morgan fingerprint density at radius 2 is 2.35 bits per heavy atom. The minimum absolute atomic E-state index is 0.258. The number of hydrogen-bond donors (Lipinski definition) is 0. The lowest BCUT2D eigenvalue weighted by molar-refractivity contribution is -0.115. The first kappa shape index (κ1) is 12.1. The second kappa shape index (κ2) is 5.80. The van der Waals surface area contributed by atoms with Crippen LogP contribution in [-0.4, -0.2) is 15.3 Å². The number of allylic oxidation sites excluding steroid dienone is 2. The molecule has 0 aliphatic heterocycles. The first-order chi connectivity index (χ1) is 8.31. The van der Waals surface area contributed by atoms with E-state index in [1.165, 1.54) is 6.42 Å². The van der Waals surface area contributed by atoms with E-state index in [2.05, 4.69) is 22.6 Å². The molecule has 1 aromatic heterocycles. The molecule has 0 atom stereocenters. The fraction of sp³-hybridized carbons (Fsp3) is 0.571. The minimum atomic E-state index is 0.258. The van der Waals surface area contributed by atoms with Gasteiger partial charge in [-0.25, -0.2) is 4.98 Å². The molecule has 1 aromatic rings. The third-order valence-electron chi connectivity index (χ3n) is 3.23. The Balaban J connectivity index is 2.02. The summed E-state index contributed by atoms with van der Waals surface area (Å²) in [5, 5.41) is 0. The molecule has 0 bridgehead atoms. The normalized spacial score (nSPS) is 15.7. The Kier molecular flexibility index (Phi) is 4.13. The molecule has 1 aliphatic rings. The van der Waals surface area contributed by atoms with Crippen LogP contribution in [0.5, 0.6) is 0 Å². The predicted octanol–water partition coefficient (Wildman–Crippen LogP) is 2.91. The van der Waals surface area contributed by atoms with Gasteiger partial charge in [0.2, 0.25) is 0 Å². The van der Waals surface area contributed by atoms with Crippen molar-refractivity contribution in [2.24, 2.45) is 0 Å². The average molecular weight is 232 g/mol. The van der Waals surface area contributed by atoms with Crippen LogP contribution in [0.25, 0.3) is 0 Å². The Labute approximate surface area is 103 Å². The van der Waals surface area contributed by atoms with Crippen molar-refractivity contribution in [3.8, 4) is 0 Å². The Hall–Kier alpha value is -1.38. The second-order valence-electron chi connectivity index (χ2n) is 4.61.